The number of hydrogen-bond acceptors (Lipinski definition) is 2. The van der Waals surface area contributed by atoms with E-state index in [0.717, 1.165) is 38.8 Å². The molecule has 3 heteroatoms. The van der Waals surface area contributed by atoms with Crippen LogP contribution >= 0.6 is 0 Å². The molecule has 1 aliphatic heterocycles. The average Bonchev–Trinajstić information content (AvgIpc) is 3.36. The molecule has 0 aromatic heterocycles. The van der Waals surface area contributed by atoms with E-state index in [1.807, 2.05) is 4.90 Å². The number of ketones is 1. The Balaban J connectivity index is 1.19. The van der Waals surface area contributed by atoms with E-state index in [2.05, 4.69) is 55.5 Å². The molecule has 0 saturated heterocycles. The number of carbonyl (C=O) groups is 2. The van der Waals surface area contributed by atoms with Crippen molar-refractivity contribution in [1.82, 2.24) is 4.90 Å². The lowest BCUT2D eigenvalue weighted by atomic mass is 9.54. The molecule has 0 spiro atoms. The highest BCUT2D eigenvalue weighted by Gasteiger charge is 2.58. The van der Waals surface area contributed by atoms with Crippen LogP contribution in [0.25, 0.3) is 0 Å². The van der Waals surface area contributed by atoms with E-state index >= 15 is 0 Å². The predicted octanol–water partition coefficient (Wildman–Crippen LogP) is 5.66. The minimum Gasteiger partial charge on any atom is -0.334 e. The van der Waals surface area contributed by atoms with Crippen LogP contribution in [0.2, 0.25) is 0 Å². The number of aryl methyl sites for hydroxylation is 1. The fourth-order valence-corrected chi connectivity index (χ4v) is 7.82. The van der Waals surface area contributed by atoms with Crippen LogP contribution in [0.5, 0.6) is 0 Å². The summed E-state index contributed by atoms with van der Waals surface area (Å²) in [5, 5.41) is 0. The van der Waals surface area contributed by atoms with Gasteiger partial charge < -0.3 is 4.90 Å². The number of carbonyl (C=O) groups excluding carboxylic acids is 2. The van der Waals surface area contributed by atoms with Gasteiger partial charge >= 0.3 is 0 Å². The summed E-state index contributed by atoms with van der Waals surface area (Å²) in [6.07, 6.45) is 6.60. The standard InChI is InChI=1S/C29H33NO2/c1-29-15-14-24-23-9-5-4-6-19(23)10-12-25(24)28(29)20(16-26(29)31)11-13-27(32)30-17-21-7-2-3-8-22(21)18-30/h2-9,20,24-25,28H,10-18H2,1H3/t20-,24?,25?,28?,29-/m1/s1. The van der Waals surface area contributed by atoms with Gasteiger partial charge in [-0.1, -0.05) is 55.5 Å². The van der Waals surface area contributed by atoms with Crippen molar-refractivity contribution >= 4 is 11.7 Å². The third-order valence-electron chi connectivity index (χ3n) is 9.40. The molecular weight excluding hydrogens is 394 g/mol. The fraction of sp³-hybridized carbons (Fsp3) is 0.517. The normalized spacial score (nSPS) is 32.8. The lowest BCUT2D eigenvalue weighted by molar-refractivity contribution is -0.132. The molecule has 0 radical (unpaired) electrons. The van der Waals surface area contributed by atoms with Crippen LogP contribution in [-0.2, 0) is 29.1 Å². The number of nitrogens with zero attached hydrogens (tertiary/aromatic N) is 1. The Hall–Kier alpha value is -2.42. The second-order valence-electron chi connectivity index (χ2n) is 10.9. The summed E-state index contributed by atoms with van der Waals surface area (Å²) in [6.45, 7) is 3.72. The molecule has 2 fully saturated rings. The lowest BCUT2D eigenvalue weighted by Crippen LogP contribution is -2.44. The van der Waals surface area contributed by atoms with Crippen LogP contribution in [0.1, 0.15) is 73.6 Å². The second-order valence-corrected chi connectivity index (χ2v) is 10.9. The van der Waals surface area contributed by atoms with Crippen molar-refractivity contribution < 1.29 is 9.59 Å². The summed E-state index contributed by atoms with van der Waals surface area (Å²) < 4.78 is 0. The van der Waals surface area contributed by atoms with Gasteiger partial charge in [0.2, 0.25) is 5.91 Å². The maximum atomic E-state index is 13.2. The largest absolute Gasteiger partial charge is 0.334 e. The second kappa shape index (κ2) is 7.57. The Morgan fingerprint density at radius 3 is 2.44 bits per heavy atom. The Kier molecular flexibility index (Phi) is 4.78. The minimum absolute atomic E-state index is 0.176. The van der Waals surface area contributed by atoms with Gasteiger partial charge in [0.25, 0.3) is 0 Å². The van der Waals surface area contributed by atoms with Crippen LogP contribution in [0.4, 0.5) is 0 Å². The highest BCUT2D eigenvalue weighted by Crippen LogP contribution is 2.62. The molecule has 0 N–H and O–H groups in total. The summed E-state index contributed by atoms with van der Waals surface area (Å²) in [4.78, 5) is 28.3. The van der Waals surface area contributed by atoms with Gasteiger partial charge in [0.15, 0.2) is 0 Å². The van der Waals surface area contributed by atoms with Crippen LogP contribution in [-0.4, -0.2) is 16.6 Å². The molecule has 1 heterocycles. The number of Topliss-reactive ketones (excluding diaryl/α,β-unsaturated/α-hetero) is 1. The zero-order chi connectivity index (χ0) is 21.9. The van der Waals surface area contributed by atoms with E-state index < -0.39 is 0 Å². The lowest BCUT2D eigenvalue weighted by Gasteiger charge is -2.50. The summed E-state index contributed by atoms with van der Waals surface area (Å²) in [5.41, 5.74) is 5.43. The first-order chi connectivity index (χ1) is 15.5. The number of rotatable bonds is 3. The van der Waals surface area contributed by atoms with Crippen molar-refractivity contribution in [3.05, 3.63) is 70.8 Å². The molecule has 5 atom stereocenters. The molecule has 6 rings (SSSR count). The molecule has 4 aliphatic rings. The van der Waals surface area contributed by atoms with Gasteiger partial charge in [-0.2, -0.15) is 0 Å². The highest BCUT2D eigenvalue weighted by atomic mass is 16.2. The predicted molar refractivity (Wildman–Crippen MR) is 125 cm³/mol. The highest BCUT2D eigenvalue weighted by molar-refractivity contribution is 5.88. The molecular formula is C29H33NO2. The van der Waals surface area contributed by atoms with Crippen LogP contribution in [0.3, 0.4) is 0 Å². The van der Waals surface area contributed by atoms with Crippen molar-refractivity contribution in [3.8, 4) is 0 Å². The molecule has 3 unspecified atom stereocenters. The number of benzene rings is 2. The average molecular weight is 428 g/mol. The Morgan fingerprint density at radius 2 is 1.69 bits per heavy atom. The smallest absolute Gasteiger partial charge is 0.223 e. The van der Waals surface area contributed by atoms with Crippen molar-refractivity contribution in [1.29, 1.82) is 0 Å². The monoisotopic (exact) mass is 427 g/mol. The molecule has 1 amide bonds. The zero-order valence-corrected chi connectivity index (χ0v) is 19.1. The SMILES string of the molecule is C[C@]12CCC3c4ccccc4CCC3C1[C@H](CCC(=O)N1Cc3ccccc3C1)CC2=O. The van der Waals surface area contributed by atoms with E-state index in [1.165, 1.54) is 28.7 Å². The molecule has 166 valence electrons. The van der Waals surface area contributed by atoms with Crippen LogP contribution < -0.4 is 0 Å². The van der Waals surface area contributed by atoms with E-state index in [-0.39, 0.29) is 11.3 Å². The third kappa shape index (κ3) is 3.08. The quantitative estimate of drug-likeness (QED) is 0.634. The van der Waals surface area contributed by atoms with E-state index in [0.29, 0.717) is 42.3 Å². The molecule has 2 aromatic carbocycles. The Bertz CT molecular complexity index is 1050. The first-order valence-electron chi connectivity index (χ1n) is 12.5. The summed E-state index contributed by atoms with van der Waals surface area (Å²) in [6, 6.07) is 17.3. The first kappa shape index (κ1) is 20.2. The molecule has 3 aliphatic carbocycles. The zero-order valence-electron chi connectivity index (χ0n) is 19.1. The van der Waals surface area contributed by atoms with Gasteiger partial charge in [-0.05, 0) is 78.0 Å². The molecule has 2 aromatic rings. The minimum atomic E-state index is -0.176. The van der Waals surface area contributed by atoms with Crippen LogP contribution in [0, 0.1) is 23.2 Å². The van der Waals surface area contributed by atoms with Gasteiger partial charge in [0, 0.05) is 31.3 Å². The summed E-state index contributed by atoms with van der Waals surface area (Å²) in [5.74, 6) is 2.70. The first-order valence-corrected chi connectivity index (χ1v) is 12.5. The Labute approximate surface area is 191 Å². The molecule has 0 bridgehead atoms. The molecule has 3 nitrogen and oxygen atoms in total. The van der Waals surface area contributed by atoms with E-state index in [4.69, 9.17) is 0 Å². The Morgan fingerprint density at radius 1 is 1.00 bits per heavy atom. The topological polar surface area (TPSA) is 37.4 Å². The number of amides is 1. The molecule has 2 saturated carbocycles. The fourth-order valence-electron chi connectivity index (χ4n) is 7.82. The van der Waals surface area contributed by atoms with Gasteiger partial charge in [0.05, 0.1) is 0 Å². The third-order valence-corrected chi connectivity index (χ3v) is 9.40. The summed E-state index contributed by atoms with van der Waals surface area (Å²) in [7, 11) is 0. The van der Waals surface area contributed by atoms with Gasteiger partial charge in [-0.25, -0.2) is 0 Å². The maximum Gasteiger partial charge on any atom is 0.223 e. The maximum absolute atomic E-state index is 13.2. The van der Waals surface area contributed by atoms with Crippen LogP contribution in [0.15, 0.2) is 48.5 Å². The van der Waals surface area contributed by atoms with Crippen molar-refractivity contribution in [3.63, 3.8) is 0 Å². The van der Waals surface area contributed by atoms with Gasteiger partial charge in [-0.3, -0.25) is 9.59 Å². The number of fused-ring (bicyclic) bond motifs is 6. The van der Waals surface area contributed by atoms with Crippen molar-refractivity contribution in [2.45, 2.75) is 70.9 Å². The van der Waals surface area contributed by atoms with Gasteiger partial charge in [0.1, 0.15) is 5.78 Å². The van der Waals surface area contributed by atoms with Crippen molar-refractivity contribution in [2.75, 3.05) is 0 Å². The van der Waals surface area contributed by atoms with E-state index in [9.17, 15) is 9.59 Å². The van der Waals surface area contributed by atoms with E-state index in [1.54, 1.807) is 0 Å². The number of hydrogen-bond donors (Lipinski definition) is 0. The van der Waals surface area contributed by atoms with Gasteiger partial charge in [-0.15, -0.1) is 0 Å². The molecule has 32 heavy (non-hydrogen) atoms. The summed E-state index contributed by atoms with van der Waals surface area (Å²) >= 11 is 0. The van der Waals surface area contributed by atoms with Crippen molar-refractivity contribution in [2.24, 2.45) is 23.2 Å².